The molecule has 62 valence electrons. The van der Waals surface area contributed by atoms with Gasteiger partial charge in [-0.25, -0.2) is 4.79 Å². The van der Waals surface area contributed by atoms with E-state index in [2.05, 4.69) is 17.9 Å². The highest BCUT2D eigenvalue weighted by atomic mass is 32.1. The lowest BCUT2D eigenvalue weighted by molar-refractivity contribution is -0.121. The number of imide groups is 1. The maximum atomic E-state index is 11.0. The second-order valence-electron chi connectivity index (χ2n) is 2.51. The third-order valence-electron chi connectivity index (χ3n) is 1.66. The van der Waals surface area contributed by atoms with E-state index in [1.807, 2.05) is 0 Å². The second kappa shape index (κ2) is 2.73. The molecule has 5 heteroatoms. The fourth-order valence-corrected chi connectivity index (χ4v) is 1.37. The molecule has 3 amide bonds. The fraction of sp³-hybridized carbons (Fsp3) is 0.667. The summed E-state index contributed by atoms with van der Waals surface area (Å²) in [7, 11) is 0. The molecule has 0 bridgehead atoms. The third kappa shape index (κ3) is 1.33. The van der Waals surface area contributed by atoms with Crippen LogP contribution in [-0.4, -0.2) is 28.3 Å². The van der Waals surface area contributed by atoms with Crippen molar-refractivity contribution in [2.45, 2.75) is 25.3 Å². The van der Waals surface area contributed by atoms with Gasteiger partial charge in [-0.1, -0.05) is 0 Å². The Morgan fingerprint density at radius 1 is 1.64 bits per heavy atom. The normalized spacial score (nSPS) is 27.2. The summed E-state index contributed by atoms with van der Waals surface area (Å²) >= 11 is 4.07. The van der Waals surface area contributed by atoms with Crippen molar-refractivity contribution in [3.63, 3.8) is 0 Å². The molecule has 1 unspecified atom stereocenters. The van der Waals surface area contributed by atoms with Crippen LogP contribution in [0.4, 0.5) is 4.79 Å². The van der Waals surface area contributed by atoms with Crippen LogP contribution in [0.3, 0.4) is 0 Å². The lowest BCUT2D eigenvalue weighted by Crippen LogP contribution is -2.37. The Bertz CT molecular complexity index is 205. The summed E-state index contributed by atoms with van der Waals surface area (Å²) < 4.78 is 0. The van der Waals surface area contributed by atoms with Crippen molar-refractivity contribution in [1.82, 2.24) is 10.2 Å². The average Bonchev–Trinajstić information content (AvgIpc) is 2.07. The first-order valence-corrected chi connectivity index (χ1v) is 3.87. The van der Waals surface area contributed by atoms with Crippen molar-refractivity contribution in [1.29, 1.82) is 0 Å². The molecule has 11 heavy (non-hydrogen) atoms. The summed E-state index contributed by atoms with van der Waals surface area (Å²) in [5.41, 5.74) is 0. The van der Waals surface area contributed by atoms with Crippen LogP contribution in [0.5, 0.6) is 0 Å². The number of carbonyl (C=O) groups excluding carboxylic acids is 2. The molecule has 1 fully saturated rings. The van der Waals surface area contributed by atoms with Crippen LogP contribution in [0.15, 0.2) is 0 Å². The summed E-state index contributed by atoms with van der Waals surface area (Å²) in [4.78, 5) is 23.3. The summed E-state index contributed by atoms with van der Waals surface area (Å²) in [5, 5.41) is 1.97. The molecule has 0 aromatic rings. The number of carbonyl (C=O) groups is 2. The van der Waals surface area contributed by atoms with E-state index in [-0.39, 0.29) is 17.3 Å². The van der Waals surface area contributed by atoms with Crippen molar-refractivity contribution in [3.05, 3.63) is 0 Å². The first kappa shape index (κ1) is 8.39. The van der Waals surface area contributed by atoms with Crippen LogP contribution in [0.2, 0.25) is 0 Å². The fourth-order valence-electron chi connectivity index (χ4n) is 1.07. The highest BCUT2D eigenvalue weighted by molar-refractivity contribution is 7.80. The first-order chi connectivity index (χ1) is 5.04. The Morgan fingerprint density at radius 3 is 2.36 bits per heavy atom. The molecule has 1 N–H and O–H groups in total. The van der Waals surface area contributed by atoms with E-state index in [9.17, 15) is 9.59 Å². The third-order valence-corrected chi connectivity index (χ3v) is 1.91. The number of amides is 3. The Morgan fingerprint density at radius 2 is 2.18 bits per heavy atom. The summed E-state index contributed by atoms with van der Waals surface area (Å²) in [6.45, 7) is 3.42. The molecule has 0 aromatic carbocycles. The molecule has 4 nitrogen and oxygen atoms in total. The van der Waals surface area contributed by atoms with Crippen LogP contribution in [0.1, 0.15) is 13.8 Å². The minimum atomic E-state index is -0.394. The van der Waals surface area contributed by atoms with Crippen molar-refractivity contribution >= 4 is 24.6 Å². The highest BCUT2D eigenvalue weighted by Crippen LogP contribution is 2.13. The van der Waals surface area contributed by atoms with Crippen LogP contribution in [0, 0.1) is 0 Å². The summed E-state index contributed by atoms with van der Waals surface area (Å²) in [5.74, 6) is -0.254. The van der Waals surface area contributed by atoms with Gasteiger partial charge in [-0.15, -0.1) is 0 Å². The molecule has 1 aliphatic heterocycles. The second-order valence-corrected chi connectivity index (χ2v) is 3.26. The molecule has 1 rings (SSSR count). The molecule has 2 atom stereocenters. The van der Waals surface area contributed by atoms with E-state index in [4.69, 9.17) is 0 Å². The molecule has 0 saturated carbocycles. The van der Waals surface area contributed by atoms with E-state index in [0.29, 0.717) is 0 Å². The van der Waals surface area contributed by atoms with Gasteiger partial charge >= 0.3 is 6.03 Å². The van der Waals surface area contributed by atoms with Gasteiger partial charge < -0.3 is 4.90 Å². The van der Waals surface area contributed by atoms with Gasteiger partial charge in [0.1, 0.15) is 6.04 Å². The standard InChI is InChI=1S/C6H10N2O2S/c1-3-5(9)7-6(10)8(3)4(2)11/h3-4,11H,1-2H3,(H,7,9,10)/t3-,4?/m1/s1. The quantitative estimate of drug-likeness (QED) is 0.441. The first-order valence-electron chi connectivity index (χ1n) is 3.35. The van der Waals surface area contributed by atoms with E-state index >= 15 is 0 Å². The van der Waals surface area contributed by atoms with Gasteiger partial charge in [0, 0.05) is 0 Å². The zero-order valence-electron chi connectivity index (χ0n) is 6.37. The smallest absolute Gasteiger partial charge is 0.301 e. The van der Waals surface area contributed by atoms with Crippen molar-refractivity contribution in [3.8, 4) is 0 Å². The Kier molecular flexibility index (Phi) is 2.08. The number of hydrogen-bond acceptors (Lipinski definition) is 3. The maximum absolute atomic E-state index is 11.0. The minimum Gasteiger partial charge on any atom is -0.301 e. The lowest BCUT2D eigenvalue weighted by Gasteiger charge is -2.21. The zero-order chi connectivity index (χ0) is 8.59. The molecule has 0 spiro atoms. The van der Waals surface area contributed by atoms with E-state index in [1.165, 1.54) is 4.90 Å². The van der Waals surface area contributed by atoms with Gasteiger partial charge in [0.25, 0.3) is 5.91 Å². The number of thiol groups is 1. The Hall–Kier alpha value is -0.710. The number of rotatable bonds is 1. The van der Waals surface area contributed by atoms with Crippen LogP contribution in [-0.2, 0) is 4.79 Å². The molecule has 1 saturated heterocycles. The SMILES string of the molecule is CC(S)N1C(=O)NC(=O)[C@H]1C. The van der Waals surface area contributed by atoms with Gasteiger partial charge in [-0.05, 0) is 13.8 Å². The van der Waals surface area contributed by atoms with Gasteiger partial charge in [-0.3, -0.25) is 10.1 Å². The van der Waals surface area contributed by atoms with Gasteiger partial charge in [0.2, 0.25) is 0 Å². The average molecular weight is 174 g/mol. The maximum Gasteiger partial charge on any atom is 0.325 e. The molecular weight excluding hydrogens is 164 g/mol. The molecule has 1 aliphatic rings. The zero-order valence-corrected chi connectivity index (χ0v) is 7.26. The van der Waals surface area contributed by atoms with Gasteiger partial charge in [0.15, 0.2) is 0 Å². The van der Waals surface area contributed by atoms with Crippen LogP contribution in [0.25, 0.3) is 0 Å². The van der Waals surface area contributed by atoms with Gasteiger partial charge in [-0.2, -0.15) is 12.6 Å². The van der Waals surface area contributed by atoms with E-state index in [1.54, 1.807) is 13.8 Å². The Balaban J connectivity index is 2.79. The summed E-state index contributed by atoms with van der Waals surface area (Å²) in [6.07, 6.45) is 0. The van der Waals surface area contributed by atoms with Crippen molar-refractivity contribution in [2.24, 2.45) is 0 Å². The molecular formula is C6H10N2O2S. The van der Waals surface area contributed by atoms with Crippen LogP contribution >= 0.6 is 12.6 Å². The highest BCUT2D eigenvalue weighted by Gasteiger charge is 2.36. The van der Waals surface area contributed by atoms with Crippen LogP contribution < -0.4 is 5.32 Å². The molecule has 0 aliphatic carbocycles. The minimum absolute atomic E-state index is 0.226. The Labute approximate surface area is 70.3 Å². The van der Waals surface area contributed by atoms with Crippen molar-refractivity contribution < 1.29 is 9.59 Å². The van der Waals surface area contributed by atoms with Gasteiger partial charge in [0.05, 0.1) is 5.37 Å². The van der Waals surface area contributed by atoms with E-state index < -0.39 is 6.04 Å². The molecule has 0 radical (unpaired) electrons. The monoisotopic (exact) mass is 174 g/mol. The number of hydrogen-bond donors (Lipinski definition) is 2. The number of urea groups is 1. The van der Waals surface area contributed by atoms with Crippen molar-refractivity contribution in [2.75, 3.05) is 0 Å². The van der Waals surface area contributed by atoms with E-state index in [0.717, 1.165) is 0 Å². The molecule has 1 heterocycles. The lowest BCUT2D eigenvalue weighted by atomic mass is 10.3. The largest absolute Gasteiger partial charge is 0.325 e. The predicted octanol–water partition coefficient (Wildman–Crippen LogP) is 0.202. The molecule has 0 aromatic heterocycles. The predicted molar refractivity (Wildman–Crippen MR) is 43.3 cm³/mol. The topological polar surface area (TPSA) is 49.4 Å². The number of nitrogens with one attached hydrogen (secondary N) is 1. The number of nitrogens with zero attached hydrogens (tertiary/aromatic N) is 1. The summed E-state index contributed by atoms with van der Waals surface area (Å²) in [6, 6.07) is -0.750.